The lowest BCUT2D eigenvalue weighted by Gasteiger charge is -2.10. The second-order valence-corrected chi connectivity index (χ2v) is 6.90. The average molecular weight is 393 g/mol. The fourth-order valence-corrected chi connectivity index (χ4v) is 3.05. The van der Waals surface area contributed by atoms with Gasteiger partial charge in [0.05, 0.1) is 17.0 Å². The smallest absolute Gasteiger partial charge is 0.262 e. The Bertz CT molecular complexity index is 950. The summed E-state index contributed by atoms with van der Waals surface area (Å²) in [6.07, 6.45) is 1.09. The van der Waals surface area contributed by atoms with Crippen molar-refractivity contribution in [2.45, 2.75) is 39.3 Å². The van der Waals surface area contributed by atoms with Crippen LogP contribution in [0.25, 0.3) is 10.9 Å². The number of fused-ring (bicyclic) bond motifs is 2. The van der Waals surface area contributed by atoms with E-state index in [2.05, 4.69) is 10.3 Å². The highest BCUT2D eigenvalue weighted by atomic mass is 32.1. The summed E-state index contributed by atoms with van der Waals surface area (Å²) in [6.45, 7) is 5.40. The van der Waals surface area contributed by atoms with E-state index >= 15 is 0 Å². The van der Waals surface area contributed by atoms with Crippen LogP contribution in [0.2, 0.25) is 0 Å². The number of amides is 1. The van der Waals surface area contributed by atoms with E-state index in [1.807, 2.05) is 13.8 Å². The van der Waals surface area contributed by atoms with Crippen molar-refractivity contribution in [2.75, 3.05) is 19.9 Å². The molecule has 0 radical (unpaired) electrons. The zero-order valence-corrected chi connectivity index (χ0v) is 16.2. The number of hydrogen-bond acceptors (Lipinski definition) is 6. The summed E-state index contributed by atoms with van der Waals surface area (Å²) in [5, 5.41) is 3.27. The topological polar surface area (TPSA) is 94.6 Å². The molecule has 0 aliphatic carbocycles. The van der Waals surface area contributed by atoms with E-state index in [9.17, 15) is 9.59 Å². The van der Waals surface area contributed by atoms with Crippen molar-refractivity contribution in [2.24, 2.45) is 0 Å². The van der Waals surface area contributed by atoms with Crippen molar-refractivity contribution in [3.8, 4) is 11.5 Å². The monoisotopic (exact) mass is 393 g/mol. The minimum Gasteiger partial charge on any atom is -0.454 e. The second kappa shape index (κ2) is 8.53. The highest BCUT2D eigenvalue weighted by molar-refractivity contribution is 7.71. The summed E-state index contributed by atoms with van der Waals surface area (Å²) < 4.78 is 17.7. The molecule has 0 saturated carbocycles. The summed E-state index contributed by atoms with van der Waals surface area (Å²) >= 11 is 5.28. The van der Waals surface area contributed by atoms with Gasteiger partial charge in [0.25, 0.3) is 5.56 Å². The van der Waals surface area contributed by atoms with Crippen LogP contribution in [-0.2, 0) is 16.1 Å². The van der Waals surface area contributed by atoms with E-state index in [4.69, 9.17) is 26.4 Å². The molecular weight excluding hydrogens is 370 g/mol. The van der Waals surface area contributed by atoms with Crippen LogP contribution in [0.5, 0.6) is 11.5 Å². The Morgan fingerprint density at radius 1 is 1.37 bits per heavy atom. The highest BCUT2D eigenvalue weighted by Crippen LogP contribution is 2.34. The maximum atomic E-state index is 12.8. The summed E-state index contributed by atoms with van der Waals surface area (Å²) in [7, 11) is 0. The third-order valence-corrected chi connectivity index (χ3v) is 4.45. The fraction of sp³-hybridized carbons (Fsp3) is 0.500. The number of nitrogens with one attached hydrogen (secondary N) is 2. The van der Waals surface area contributed by atoms with Crippen LogP contribution >= 0.6 is 12.2 Å². The van der Waals surface area contributed by atoms with Crippen molar-refractivity contribution in [3.63, 3.8) is 0 Å². The SMILES string of the molecule is CC(C)OCCCNC(=O)CCn1c(=S)[nH]c2cc3c(cc2c1=O)OCO3. The summed E-state index contributed by atoms with van der Waals surface area (Å²) in [4.78, 5) is 27.8. The molecule has 146 valence electrons. The highest BCUT2D eigenvalue weighted by Gasteiger charge is 2.17. The Labute approximate surface area is 161 Å². The van der Waals surface area contributed by atoms with Crippen LogP contribution in [0.4, 0.5) is 0 Å². The van der Waals surface area contributed by atoms with Gasteiger partial charge in [-0.1, -0.05) is 0 Å². The molecule has 1 aliphatic rings. The number of H-pyrrole nitrogens is 1. The van der Waals surface area contributed by atoms with Crippen LogP contribution < -0.4 is 20.3 Å². The normalized spacial score (nSPS) is 12.7. The molecule has 1 aromatic carbocycles. The van der Waals surface area contributed by atoms with E-state index < -0.39 is 0 Å². The van der Waals surface area contributed by atoms with Gasteiger partial charge in [-0.05, 0) is 38.6 Å². The summed E-state index contributed by atoms with van der Waals surface area (Å²) in [6, 6.07) is 3.34. The van der Waals surface area contributed by atoms with Crippen LogP contribution in [-0.4, -0.2) is 41.5 Å². The molecule has 0 fully saturated rings. The van der Waals surface area contributed by atoms with Gasteiger partial charge in [-0.2, -0.15) is 0 Å². The van der Waals surface area contributed by atoms with Crippen molar-refractivity contribution in [1.29, 1.82) is 0 Å². The van der Waals surface area contributed by atoms with Gasteiger partial charge in [-0.15, -0.1) is 0 Å². The Morgan fingerprint density at radius 2 is 2.11 bits per heavy atom. The fourth-order valence-electron chi connectivity index (χ4n) is 2.77. The number of nitrogens with zero attached hydrogens (tertiary/aromatic N) is 1. The molecule has 2 N–H and O–H groups in total. The number of aromatic amines is 1. The Hall–Kier alpha value is -2.39. The predicted octanol–water partition coefficient (Wildman–Crippen LogP) is 2.11. The van der Waals surface area contributed by atoms with Crippen molar-refractivity contribution in [1.82, 2.24) is 14.9 Å². The second-order valence-electron chi connectivity index (χ2n) is 6.51. The molecule has 27 heavy (non-hydrogen) atoms. The van der Waals surface area contributed by atoms with Crippen LogP contribution in [0, 0.1) is 4.77 Å². The van der Waals surface area contributed by atoms with Crippen molar-refractivity contribution < 1.29 is 19.0 Å². The van der Waals surface area contributed by atoms with Gasteiger partial charge in [0, 0.05) is 32.2 Å². The molecule has 0 saturated heterocycles. The van der Waals surface area contributed by atoms with Gasteiger partial charge in [0.2, 0.25) is 12.7 Å². The standard InChI is InChI=1S/C18H23N3O5S/c1-11(2)24-7-3-5-19-16(22)4-6-21-17(23)12-8-14-15(26-10-25-14)9-13(12)20-18(21)27/h8-9,11H,3-7,10H2,1-2H3,(H,19,22)(H,20,27). The zero-order valence-electron chi connectivity index (χ0n) is 15.4. The quantitative estimate of drug-likeness (QED) is 0.527. The van der Waals surface area contributed by atoms with E-state index in [1.165, 1.54) is 4.57 Å². The molecule has 0 bridgehead atoms. The number of rotatable bonds is 8. The molecule has 0 unspecified atom stereocenters. The minimum absolute atomic E-state index is 0.128. The third-order valence-electron chi connectivity index (χ3n) is 4.13. The minimum atomic E-state index is -0.259. The molecule has 1 amide bonds. The van der Waals surface area contributed by atoms with Crippen LogP contribution in [0.3, 0.4) is 0 Å². The first-order chi connectivity index (χ1) is 13.0. The number of hydrogen-bond donors (Lipinski definition) is 2. The number of ether oxygens (including phenoxy) is 3. The van der Waals surface area contributed by atoms with Crippen LogP contribution in [0.1, 0.15) is 26.7 Å². The maximum absolute atomic E-state index is 12.8. The molecule has 1 aromatic heterocycles. The average Bonchev–Trinajstić information content (AvgIpc) is 3.07. The van der Waals surface area contributed by atoms with Gasteiger partial charge in [-0.25, -0.2) is 0 Å². The first kappa shape index (κ1) is 19.4. The molecule has 2 heterocycles. The van der Waals surface area contributed by atoms with E-state index in [1.54, 1.807) is 12.1 Å². The molecular formula is C18H23N3O5S. The predicted molar refractivity (Wildman–Crippen MR) is 103 cm³/mol. The van der Waals surface area contributed by atoms with Gasteiger partial charge in [0.15, 0.2) is 16.3 Å². The lowest BCUT2D eigenvalue weighted by atomic mass is 10.2. The molecule has 8 nitrogen and oxygen atoms in total. The van der Waals surface area contributed by atoms with Gasteiger partial charge in [-0.3, -0.25) is 14.2 Å². The van der Waals surface area contributed by atoms with Crippen molar-refractivity contribution >= 4 is 29.0 Å². The molecule has 1 aliphatic heterocycles. The summed E-state index contributed by atoms with van der Waals surface area (Å²) in [5.74, 6) is 0.968. The largest absolute Gasteiger partial charge is 0.454 e. The van der Waals surface area contributed by atoms with E-state index in [0.29, 0.717) is 35.6 Å². The first-order valence-electron chi connectivity index (χ1n) is 8.90. The Kier molecular flexibility index (Phi) is 6.12. The maximum Gasteiger partial charge on any atom is 0.262 e. The number of carbonyl (C=O) groups excluding carboxylic acids is 1. The van der Waals surface area contributed by atoms with Gasteiger partial charge < -0.3 is 24.5 Å². The zero-order chi connectivity index (χ0) is 19.4. The third kappa shape index (κ3) is 4.67. The first-order valence-corrected chi connectivity index (χ1v) is 9.31. The number of benzene rings is 1. The lowest BCUT2D eigenvalue weighted by Crippen LogP contribution is -2.29. The summed E-state index contributed by atoms with van der Waals surface area (Å²) in [5.41, 5.74) is 0.324. The number of aromatic nitrogens is 2. The molecule has 2 aromatic rings. The van der Waals surface area contributed by atoms with Crippen molar-refractivity contribution in [3.05, 3.63) is 27.3 Å². The Morgan fingerprint density at radius 3 is 2.85 bits per heavy atom. The number of carbonyl (C=O) groups is 1. The lowest BCUT2D eigenvalue weighted by molar-refractivity contribution is -0.121. The molecule has 0 spiro atoms. The Balaban J connectivity index is 1.63. The van der Waals surface area contributed by atoms with Crippen LogP contribution in [0.15, 0.2) is 16.9 Å². The van der Waals surface area contributed by atoms with E-state index in [0.717, 1.165) is 6.42 Å². The molecule has 9 heteroatoms. The molecule has 0 atom stereocenters. The van der Waals surface area contributed by atoms with E-state index in [-0.39, 0.29) is 42.1 Å². The molecule has 3 rings (SSSR count). The van der Waals surface area contributed by atoms with Gasteiger partial charge in [0.1, 0.15) is 0 Å². The van der Waals surface area contributed by atoms with Gasteiger partial charge >= 0.3 is 0 Å².